The summed E-state index contributed by atoms with van der Waals surface area (Å²) in [6.07, 6.45) is 1.31. The SMILES string of the molecule is O=[N+]([O-])c1cccc(C=Nc2cccc3nsnc23)c1[O-]. The maximum atomic E-state index is 11.9. The molecular weight excluding hydrogens is 292 g/mol. The van der Waals surface area contributed by atoms with Gasteiger partial charge in [-0.3, -0.25) is 15.1 Å². The lowest BCUT2D eigenvalue weighted by Gasteiger charge is -2.09. The fraction of sp³-hybridized carbons (Fsp3) is 0. The number of nitrogens with zero attached hydrogens (tertiary/aromatic N) is 4. The molecule has 21 heavy (non-hydrogen) atoms. The predicted octanol–water partition coefficient (Wildman–Crippen LogP) is 2.42. The summed E-state index contributed by atoms with van der Waals surface area (Å²) in [7, 11) is 0. The number of rotatable bonds is 3. The molecule has 0 aliphatic carbocycles. The highest BCUT2D eigenvalue weighted by molar-refractivity contribution is 7.00. The molecule has 0 amide bonds. The van der Waals surface area contributed by atoms with Crippen LogP contribution in [0.25, 0.3) is 11.0 Å². The second-order valence-electron chi connectivity index (χ2n) is 4.12. The number of benzene rings is 2. The van der Waals surface area contributed by atoms with Gasteiger partial charge in [0, 0.05) is 12.3 Å². The van der Waals surface area contributed by atoms with Gasteiger partial charge in [-0.25, -0.2) is 0 Å². The van der Waals surface area contributed by atoms with E-state index in [9.17, 15) is 15.2 Å². The van der Waals surface area contributed by atoms with E-state index in [1.54, 1.807) is 12.1 Å². The van der Waals surface area contributed by atoms with Gasteiger partial charge in [0.15, 0.2) is 0 Å². The van der Waals surface area contributed by atoms with Crippen LogP contribution in [0.15, 0.2) is 41.4 Å². The number of nitro benzene ring substituents is 1. The highest BCUT2D eigenvalue weighted by Gasteiger charge is 2.08. The normalized spacial score (nSPS) is 11.2. The van der Waals surface area contributed by atoms with Crippen LogP contribution >= 0.6 is 11.7 Å². The first kappa shape index (κ1) is 13.1. The average molecular weight is 299 g/mol. The van der Waals surface area contributed by atoms with Gasteiger partial charge in [0.1, 0.15) is 11.0 Å². The van der Waals surface area contributed by atoms with Crippen molar-refractivity contribution >= 4 is 40.4 Å². The van der Waals surface area contributed by atoms with Crippen molar-refractivity contribution in [2.45, 2.75) is 0 Å². The molecule has 0 N–H and O–H groups in total. The Morgan fingerprint density at radius 3 is 2.81 bits per heavy atom. The number of para-hydroxylation sites is 1. The van der Waals surface area contributed by atoms with E-state index < -0.39 is 16.4 Å². The van der Waals surface area contributed by atoms with Gasteiger partial charge in [0.25, 0.3) is 5.69 Å². The van der Waals surface area contributed by atoms with Crippen molar-refractivity contribution in [3.05, 3.63) is 52.1 Å². The summed E-state index contributed by atoms with van der Waals surface area (Å²) in [5.41, 5.74) is 1.61. The van der Waals surface area contributed by atoms with Crippen molar-refractivity contribution in [2.24, 2.45) is 4.99 Å². The molecule has 0 atom stereocenters. The Kier molecular flexibility index (Phi) is 3.28. The van der Waals surface area contributed by atoms with Gasteiger partial charge in [-0.15, -0.1) is 0 Å². The number of aliphatic imine (C=N–C) groups is 1. The summed E-state index contributed by atoms with van der Waals surface area (Å²) in [5, 5.41) is 22.6. The van der Waals surface area contributed by atoms with Gasteiger partial charge < -0.3 is 5.11 Å². The molecular formula is C13H7N4O3S-. The van der Waals surface area contributed by atoms with E-state index in [1.807, 2.05) is 6.07 Å². The standard InChI is InChI=1S/C13H8N4O3S/c18-13-8(3-1-6-11(13)17(19)20)7-14-9-4-2-5-10-12(9)16-21-15-10/h1-7,18H/p-1. The van der Waals surface area contributed by atoms with Crippen molar-refractivity contribution in [1.29, 1.82) is 0 Å². The Bertz CT molecular complexity index is 859. The zero-order valence-corrected chi connectivity index (χ0v) is 11.3. The first-order valence-corrected chi connectivity index (χ1v) is 6.59. The van der Waals surface area contributed by atoms with E-state index in [2.05, 4.69) is 13.7 Å². The first-order chi connectivity index (χ1) is 10.2. The third-order valence-electron chi connectivity index (χ3n) is 2.83. The molecule has 2 aromatic carbocycles. The fourth-order valence-electron chi connectivity index (χ4n) is 1.82. The third-order valence-corrected chi connectivity index (χ3v) is 3.37. The van der Waals surface area contributed by atoms with E-state index >= 15 is 0 Å². The van der Waals surface area contributed by atoms with Gasteiger partial charge in [0.05, 0.1) is 22.3 Å². The van der Waals surface area contributed by atoms with E-state index in [0.717, 1.165) is 17.2 Å². The monoisotopic (exact) mass is 299 g/mol. The topological polar surface area (TPSA) is 104 Å². The van der Waals surface area contributed by atoms with Gasteiger partial charge in [-0.2, -0.15) is 8.75 Å². The van der Waals surface area contributed by atoms with E-state index in [1.165, 1.54) is 24.4 Å². The molecule has 0 radical (unpaired) electrons. The molecule has 8 heteroatoms. The van der Waals surface area contributed by atoms with Crippen LogP contribution < -0.4 is 5.11 Å². The third kappa shape index (κ3) is 2.43. The fourth-order valence-corrected chi connectivity index (χ4v) is 2.37. The molecule has 1 aromatic heterocycles. The van der Waals surface area contributed by atoms with Crippen LogP contribution in [0.4, 0.5) is 11.4 Å². The minimum atomic E-state index is -0.704. The lowest BCUT2D eigenvalue weighted by atomic mass is 10.2. The zero-order valence-electron chi connectivity index (χ0n) is 10.5. The largest absolute Gasteiger partial charge is 0.867 e. The Morgan fingerprint density at radius 2 is 2.00 bits per heavy atom. The van der Waals surface area contributed by atoms with E-state index in [4.69, 9.17) is 0 Å². The van der Waals surface area contributed by atoms with Crippen LogP contribution in [-0.4, -0.2) is 19.9 Å². The summed E-state index contributed by atoms with van der Waals surface area (Å²) in [5.74, 6) is -0.658. The molecule has 0 aliphatic rings. The van der Waals surface area contributed by atoms with Crippen molar-refractivity contribution in [2.75, 3.05) is 0 Å². The Morgan fingerprint density at radius 1 is 1.19 bits per heavy atom. The second-order valence-corrected chi connectivity index (χ2v) is 4.65. The molecule has 1 heterocycles. The smallest absolute Gasteiger partial charge is 0.262 e. The Labute approximate surface area is 122 Å². The van der Waals surface area contributed by atoms with Crippen molar-refractivity contribution in [3.63, 3.8) is 0 Å². The molecule has 0 saturated carbocycles. The van der Waals surface area contributed by atoms with Crippen LogP contribution in [0.3, 0.4) is 0 Å². The molecule has 0 saturated heterocycles. The van der Waals surface area contributed by atoms with Gasteiger partial charge in [0.2, 0.25) is 0 Å². The minimum Gasteiger partial charge on any atom is -0.867 e. The predicted molar refractivity (Wildman–Crippen MR) is 77.2 cm³/mol. The van der Waals surface area contributed by atoms with E-state index in [0.29, 0.717) is 11.2 Å². The molecule has 7 nitrogen and oxygen atoms in total. The minimum absolute atomic E-state index is 0.157. The molecule has 104 valence electrons. The first-order valence-electron chi connectivity index (χ1n) is 5.86. The second kappa shape index (κ2) is 5.25. The summed E-state index contributed by atoms with van der Waals surface area (Å²) >= 11 is 1.07. The van der Waals surface area contributed by atoms with Gasteiger partial charge in [-0.05, 0) is 23.4 Å². The van der Waals surface area contributed by atoms with Crippen molar-refractivity contribution in [1.82, 2.24) is 8.75 Å². The van der Waals surface area contributed by atoms with Gasteiger partial charge in [-0.1, -0.05) is 18.2 Å². The van der Waals surface area contributed by atoms with Crippen LogP contribution in [0.1, 0.15) is 5.56 Å². The zero-order chi connectivity index (χ0) is 14.8. The number of aromatic nitrogens is 2. The lowest BCUT2D eigenvalue weighted by molar-refractivity contribution is -0.398. The van der Waals surface area contributed by atoms with Crippen molar-refractivity contribution in [3.8, 4) is 5.75 Å². The molecule has 0 spiro atoms. The van der Waals surface area contributed by atoms with E-state index in [-0.39, 0.29) is 5.56 Å². The number of nitro groups is 1. The number of hydrogen-bond donors (Lipinski definition) is 0. The van der Waals surface area contributed by atoms with Crippen LogP contribution in [0, 0.1) is 10.1 Å². The maximum Gasteiger partial charge on any atom is 0.262 e. The Balaban J connectivity index is 2.02. The van der Waals surface area contributed by atoms with Crippen molar-refractivity contribution < 1.29 is 10.0 Å². The highest BCUT2D eigenvalue weighted by Crippen LogP contribution is 2.27. The molecule has 0 fully saturated rings. The van der Waals surface area contributed by atoms with Crippen LogP contribution in [0.5, 0.6) is 5.75 Å². The maximum absolute atomic E-state index is 11.9. The molecule has 0 bridgehead atoms. The van der Waals surface area contributed by atoms with Gasteiger partial charge >= 0.3 is 0 Å². The molecule has 3 rings (SSSR count). The number of hydrogen-bond acceptors (Lipinski definition) is 7. The summed E-state index contributed by atoms with van der Waals surface area (Å²) in [6, 6.07) is 9.43. The number of fused-ring (bicyclic) bond motifs is 1. The quantitative estimate of drug-likeness (QED) is 0.419. The molecule has 0 unspecified atom stereocenters. The highest BCUT2D eigenvalue weighted by atomic mass is 32.1. The molecule has 0 aliphatic heterocycles. The molecule has 3 aromatic rings. The summed E-state index contributed by atoms with van der Waals surface area (Å²) < 4.78 is 8.22. The van der Waals surface area contributed by atoms with Crippen LogP contribution in [0.2, 0.25) is 0 Å². The summed E-state index contributed by atoms with van der Waals surface area (Å²) in [6.45, 7) is 0. The summed E-state index contributed by atoms with van der Waals surface area (Å²) in [4.78, 5) is 14.2. The lowest BCUT2D eigenvalue weighted by Crippen LogP contribution is -2.01. The van der Waals surface area contributed by atoms with Crippen LogP contribution in [-0.2, 0) is 0 Å². The average Bonchev–Trinajstić information content (AvgIpc) is 2.95. The Hall–Kier alpha value is -2.87.